The summed E-state index contributed by atoms with van der Waals surface area (Å²) in [5.74, 6) is -0.287. The minimum absolute atomic E-state index is 0.144. The Morgan fingerprint density at radius 3 is 1.22 bits per heavy atom. The van der Waals surface area contributed by atoms with Crippen molar-refractivity contribution in [1.29, 1.82) is 0 Å². The molecule has 0 amide bonds. The Bertz CT molecular complexity index is 613. The maximum absolute atomic E-state index is 12.6. The lowest BCUT2D eigenvalue weighted by Gasteiger charge is -2.32. The molecule has 1 rings (SSSR count). The van der Waals surface area contributed by atoms with E-state index in [0.717, 1.165) is 6.07 Å². The predicted molar refractivity (Wildman–Crippen MR) is 96.3 cm³/mol. The SMILES string of the molecule is CC(C)(C)c1c(OCC(F)(F)F)cc(OCC(F)(F)F)c(C(C)(C)C)c1P. The van der Waals surface area contributed by atoms with Gasteiger partial charge in [-0.15, -0.1) is 9.24 Å². The number of rotatable bonds is 4. The largest absolute Gasteiger partial charge is 0.484 e. The van der Waals surface area contributed by atoms with Gasteiger partial charge in [0, 0.05) is 17.2 Å². The lowest BCUT2D eigenvalue weighted by molar-refractivity contribution is -0.154. The molecule has 0 spiro atoms. The smallest absolute Gasteiger partial charge is 0.422 e. The van der Waals surface area contributed by atoms with Crippen molar-refractivity contribution in [1.82, 2.24) is 0 Å². The van der Waals surface area contributed by atoms with Crippen LogP contribution in [0, 0.1) is 0 Å². The highest BCUT2D eigenvalue weighted by atomic mass is 31.0. The second-order valence-corrected chi connectivity index (χ2v) is 8.92. The topological polar surface area (TPSA) is 18.5 Å². The van der Waals surface area contributed by atoms with E-state index in [1.807, 2.05) is 0 Å². The Morgan fingerprint density at radius 1 is 0.704 bits per heavy atom. The van der Waals surface area contributed by atoms with Crippen molar-refractivity contribution in [2.75, 3.05) is 13.2 Å². The van der Waals surface area contributed by atoms with E-state index in [1.54, 1.807) is 41.5 Å². The summed E-state index contributed by atoms with van der Waals surface area (Å²) in [5.41, 5.74) is -0.275. The molecule has 1 aromatic carbocycles. The zero-order chi connectivity index (χ0) is 21.4. The molecule has 0 aromatic heterocycles. The van der Waals surface area contributed by atoms with Crippen molar-refractivity contribution in [3.8, 4) is 11.5 Å². The molecule has 156 valence electrons. The van der Waals surface area contributed by atoms with Gasteiger partial charge in [0.25, 0.3) is 0 Å². The molecule has 0 aliphatic rings. The van der Waals surface area contributed by atoms with Gasteiger partial charge in [0.2, 0.25) is 0 Å². The van der Waals surface area contributed by atoms with Crippen molar-refractivity contribution < 1.29 is 35.8 Å². The van der Waals surface area contributed by atoms with Crippen LogP contribution in [0.2, 0.25) is 0 Å². The number of ether oxygens (including phenoxy) is 2. The van der Waals surface area contributed by atoms with E-state index in [4.69, 9.17) is 9.47 Å². The van der Waals surface area contributed by atoms with Gasteiger partial charge in [-0.1, -0.05) is 41.5 Å². The van der Waals surface area contributed by atoms with E-state index in [1.165, 1.54) is 0 Å². The maximum atomic E-state index is 12.6. The Kier molecular flexibility index (Phi) is 6.80. The third kappa shape index (κ3) is 7.05. The number of alkyl halides is 6. The predicted octanol–water partition coefficient (Wildman–Crippen LogP) is 5.66. The van der Waals surface area contributed by atoms with Crippen LogP contribution >= 0.6 is 9.24 Å². The Labute approximate surface area is 157 Å². The molecule has 0 heterocycles. The summed E-state index contributed by atoms with van der Waals surface area (Å²) < 4.78 is 85.7. The van der Waals surface area contributed by atoms with Crippen LogP contribution in [0.4, 0.5) is 26.3 Å². The minimum atomic E-state index is -4.58. The fourth-order valence-electron chi connectivity index (χ4n) is 2.75. The lowest BCUT2D eigenvalue weighted by atomic mass is 9.79. The molecule has 0 fully saturated rings. The molecular weight excluding hydrogens is 393 g/mol. The van der Waals surface area contributed by atoms with Crippen LogP contribution in [0.1, 0.15) is 52.7 Å². The molecule has 9 heteroatoms. The van der Waals surface area contributed by atoms with E-state index in [9.17, 15) is 26.3 Å². The van der Waals surface area contributed by atoms with Crippen LogP contribution < -0.4 is 14.8 Å². The normalized spacial score (nSPS) is 13.7. The van der Waals surface area contributed by atoms with E-state index in [0.29, 0.717) is 16.4 Å². The minimum Gasteiger partial charge on any atom is -0.484 e. The molecule has 1 aromatic rings. The Morgan fingerprint density at radius 2 is 1.00 bits per heavy atom. The number of halogens is 6. The van der Waals surface area contributed by atoms with Crippen molar-refractivity contribution in [3.63, 3.8) is 0 Å². The molecule has 0 bridgehead atoms. The van der Waals surface area contributed by atoms with Crippen molar-refractivity contribution in [2.45, 2.75) is 64.7 Å². The second-order valence-electron chi connectivity index (χ2n) is 8.34. The first kappa shape index (κ1) is 23.9. The summed E-state index contributed by atoms with van der Waals surface area (Å²) in [6, 6.07) is 1.13. The summed E-state index contributed by atoms with van der Waals surface area (Å²) >= 11 is 0. The highest BCUT2D eigenvalue weighted by Crippen LogP contribution is 2.41. The molecular formula is C18H25F6O2P. The summed E-state index contributed by atoms with van der Waals surface area (Å²) in [6.45, 7) is 7.65. The summed E-state index contributed by atoms with van der Waals surface area (Å²) in [7, 11) is 2.43. The first-order valence-corrected chi connectivity index (χ1v) is 8.77. The van der Waals surface area contributed by atoms with Gasteiger partial charge >= 0.3 is 12.4 Å². The van der Waals surface area contributed by atoms with Crippen LogP contribution in [0.5, 0.6) is 11.5 Å². The molecule has 0 saturated carbocycles. The van der Waals surface area contributed by atoms with E-state index >= 15 is 0 Å². The van der Waals surface area contributed by atoms with Crippen LogP contribution in [0.25, 0.3) is 0 Å². The first-order valence-electron chi connectivity index (χ1n) is 8.19. The summed E-state index contributed by atoms with van der Waals surface area (Å²) in [6.07, 6.45) is -9.15. The van der Waals surface area contributed by atoms with Crippen LogP contribution in [-0.2, 0) is 10.8 Å². The molecule has 0 saturated heterocycles. The molecule has 1 unspecified atom stereocenters. The van der Waals surface area contributed by atoms with E-state index in [2.05, 4.69) is 9.24 Å². The molecule has 27 heavy (non-hydrogen) atoms. The average Bonchev–Trinajstić information content (AvgIpc) is 2.37. The van der Waals surface area contributed by atoms with Gasteiger partial charge in [0.05, 0.1) is 0 Å². The van der Waals surface area contributed by atoms with E-state index in [-0.39, 0.29) is 11.5 Å². The first-order chi connectivity index (χ1) is 11.8. The van der Waals surface area contributed by atoms with E-state index < -0.39 is 36.4 Å². The molecule has 2 nitrogen and oxygen atoms in total. The molecule has 0 radical (unpaired) electrons. The van der Waals surface area contributed by atoms with Gasteiger partial charge in [-0.05, 0) is 16.1 Å². The fraction of sp³-hybridized carbons (Fsp3) is 0.667. The number of benzene rings is 1. The molecule has 0 aliphatic carbocycles. The van der Waals surface area contributed by atoms with Crippen LogP contribution in [-0.4, -0.2) is 25.6 Å². The summed E-state index contributed by atoms with van der Waals surface area (Å²) in [4.78, 5) is 0. The van der Waals surface area contributed by atoms with Gasteiger partial charge in [-0.3, -0.25) is 0 Å². The van der Waals surface area contributed by atoms with Gasteiger partial charge in [0.1, 0.15) is 11.5 Å². The van der Waals surface area contributed by atoms with Gasteiger partial charge < -0.3 is 9.47 Å². The van der Waals surface area contributed by atoms with Gasteiger partial charge in [0.15, 0.2) is 13.2 Å². The third-order valence-electron chi connectivity index (χ3n) is 3.58. The standard InChI is InChI=1S/C18H25F6O2P/c1-15(2,3)12-10(25-8-17(19,20)21)7-11(26-9-18(22,23)24)13(14(12)27)16(4,5)6/h7H,8-9,27H2,1-6H3. The number of hydrogen-bond donors (Lipinski definition) is 0. The van der Waals surface area contributed by atoms with Crippen molar-refractivity contribution in [2.24, 2.45) is 0 Å². The summed E-state index contributed by atoms with van der Waals surface area (Å²) in [5, 5.41) is 0.479. The van der Waals surface area contributed by atoms with Crippen LogP contribution in [0.15, 0.2) is 6.07 Å². The zero-order valence-electron chi connectivity index (χ0n) is 16.2. The maximum Gasteiger partial charge on any atom is 0.422 e. The highest BCUT2D eigenvalue weighted by molar-refractivity contribution is 7.27. The second kappa shape index (κ2) is 7.69. The third-order valence-corrected chi connectivity index (χ3v) is 4.15. The number of hydrogen-bond acceptors (Lipinski definition) is 2. The van der Waals surface area contributed by atoms with Crippen LogP contribution in [0.3, 0.4) is 0 Å². The lowest BCUT2D eigenvalue weighted by Crippen LogP contribution is -2.31. The Balaban J connectivity index is 3.63. The quantitative estimate of drug-likeness (QED) is 0.464. The van der Waals surface area contributed by atoms with Crippen molar-refractivity contribution >= 4 is 14.5 Å². The Hall–Kier alpha value is -1.17. The van der Waals surface area contributed by atoms with Gasteiger partial charge in [-0.25, -0.2) is 0 Å². The molecule has 0 aliphatic heterocycles. The van der Waals surface area contributed by atoms with Crippen molar-refractivity contribution in [3.05, 3.63) is 17.2 Å². The molecule has 0 N–H and O–H groups in total. The highest BCUT2D eigenvalue weighted by Gasteiger charge is 2.35. The fourth-order valence-corrected chi connectivity index (χ4v) is 3.90. The average molecular weight is 418 g/mol. The molecule has 1 atom stereocenters. The zero-order valence-corrected chi connectivity index (χ0v) is 17.3. The monoisotopic (exact) mass is 418 g/mol. The van der Waals surface area contributed by atoms with Gasteiger partial charge in [-0.2, -0.15) is 26.3 Å².